The SMILES string of the molecule is NC(=O)Cn1cc(S(=O)(=O)Nc2cccc3c(Cl)c[nH]c23)cn1. The highest BCUT2D eigenvalue weighted by Crippen LogP contribution is 2.29. The van der Waals surface area contributed by atoms with Crippen molar-refractivity contribution in [1.29, 1.82) is 0 Å². The van der Waals surface area contributed by atoms with E-state index in [2.05, 4.69) is 14.8 Å². The highest BCUT2D eigenvalue weighted by Gasteiger charge is 2.19. The lowest BCUT2D eigenvalue weighted by atomic mass is 10.2. The van der Waals surface area contributed by atoms with Crippen LogP contribution in [0.1, 0.15) is 0 Å². The fourth-order valence-electron chi connectivity index (χ4n) is 2.14. The first-order valence-electron chi connectivity index (χ1n) is 6.46. The minimum atomic E-state index is -3.86. The average Bonchev–Trinajstić information content (AvgIpc) is 3.07. The summed E-state index contributed by atoms with van der Waals surface area (Å²) in [6, 6.07) is 5.08. The molecule has 120 valence electrons. The van der Waals surface area contributed by atoms with E-state index in [0.29, 0.717) is 21.6 Å². The molecule has 0 unspecified atom stereocenters. The smallest absolute Gasteiger partial charge is 0.265 e. The quantitative estimate of drug-likeness (QED) is 0.639. The summed E-state index contributed by atoms with van der Waals surface area (Å²) in [6.07, 6.45) is 3.96. The molecule has 10 heteroatoms. The molecule has 0 bridgehead atoms. The number of nitrogens with two attached hydrogens (primary N) is 1. The number of aromatic nitrogens is 3. The van der Waals surface area contributed by atoms with Crippen LogP contribution in [-0.2, 0) is 21.4 Å². The van der Waals surface area contributed by atoms with E-state index in [1.54, 1.807) is 24.4 Å². The van der Waals surface area contributed by atoms with E-state index >= 15 is 0 Å². The topological polar surface area (TPSA) is 123 Å². The van der Waals surface area contributed by atoms with Gasteiger partial charge in [-0.05, 0) is 6.07 Å². The molecule has 4 N–H and O–H groups in total. The van der Waals surface area contributed by atoms with Gasteiger partial charge in [-0.25, -0.2) is 8.42 Å². The zero-order valence-corrected chi connectivity index (χ0v) is 13.2. The average molecular weight is 354 g/mol. The maximum atomic E-state index is 12.4. The van der Waals surface area contributed by atoms with Gasteiger partial charge >= 0.3 is 0 Å². The number of fused-ring (bicyclic) bond motifs is 1. The first kappa shape index (κ1) is 15.4. The van der Waals surface area contributed by atoms with Crippen molar-refractivity contribution in [3.63, 3.8) is 0 Å². The zero-order valence-electron chi connectivity index (χ0n) is 11.7. The highest BCUT2D eigenvalue weighted by molar-refractivity contribution is 7.92. The normalized spacial score (nSPS) is 11.7. The molecular weight excluding hydrogens is 342 g/mol. The molecule has 0 aliphatic carbocycles. The molecule has 0 aliphatic heterocycles. The van der Waals surface area contributed by atoms with Crippen molar-refractivity contribution >= 4 is 44.1 Å². The van der Waals surface area contributed by atoms with Crippen LogP contribution in [0.15, 0.2) is 41.7 Å². The van der Waals surface area contributed by atoms with Crippen LogP contribution in [0.5, 0.6) is 0 Å². The van der Waals surface area contributed by atoms with Crippen LogP contribution >= 0.6 is 11.6 Å². The van der Waals surface area contributed by atoms with Gasteiger partial charge in [-0.15, -0.1) is 0 Å². The van der Waals surface area contributed by atoms with E-state index in [4.69, 9.17) is 17.3 Å². The van der Waals surface area contributed by atoms with Gasteiger partial charge in [0.2, 0.25) is 5.91 Å². The number of carbonyl (C=O) groups is 1. The molecule has 0 aliphatic rings. The minimum Gasteiger partial charge on any atom is -0.368 e. The number of para-hydroxylation sites is 1. The van der Waals surface area contributed by atoms with Crippen LogP contribution in [0, 0.1) is 0 Å². The summed E-state index contributed by atoms with van der Waals surface area (Å²) in [5, 5.41) is 5.00. The first-order valence-corrected chi connectivity index (χ1v) is 8.32. The number of sulfonamides is 1. The van der Waals surface area contributed by atoms with E-state index in [9.17, 15) is 13.2 Å². The Morgan fingerprint density at radius 2 is 2.22 bits per heavy atom. The predicted octanol–water partition coefficient (Wildman–Crippen LogP) is 1.30. The van der Waals surface area contributed by atoms with Crippen LogP contribution < -0.4 is 10.5 Å². The van der Waals surface area contributed by atoms with Crippen molar-refractivity contribution in [2.75, 3.05) is 4.72 Å². The lowest BCUT2D eigenvalue weighted by Crippen LogP contribution is -2.19. The highest BCUT2D eigenvalue weighted by atomic mass is 35.5. The van der Waals surface area contributed by atoms with Crippen molar-refractivity contribution in [2.45, 2.75) is 11.4 Å². The van der Waals surface area contributed by atoms with Gasteiger partial charge in [0.15, 0.2) is 0 Å². The number of nitrogens with one attached hydrogen (secondary N) is 2. The molecule has 3 rings (SSSR count). The predicted molar refractivity (Wildman–Crippen MR) is 85.5 cm³/mol. The Hall–Kier alpha value is -2.52. The minimum absolute atomic E-state index is 0.0755. The van der Waals surface area contributed by atoms with Gasteiger partial charge in [0.05, 0.1) is 22.4 Å². The number of nitrogens with zero attached hydrogens (tertiary/aromatic N) is 2. The lowest BCUT2D eigenvalue weighted by molar-refractivity contribution is -0.118. The molecule has 2 aromatic heterocycles. The second kappa shape index (κ2) is 5.60. The number of rotatable bonds is 5. The van der Waals surface area contributed by atoms with Crippen molar-refractivity contribution in [2.24, 2.45) is 5.73 Å². The summed E-state index contributed by atoms with van der Waals surface area (Å²) >= 11 is 6.02. The van der Waals surface area contributed by atoms with Crippen LogP contribution in [0.4, 0.5) is 5.69 Å². The number of hydrogen-bond donors (Lipinski definition) is 3. The summed E-state index contributed by atoms with van der Waals surface area (Å²) in [5.41, 5.74) is 5.98. The molecule has 0 spiro atoms. The van der Waals surface area contributed by atoms with Gasteiger partial charge in [-0.2, -0.15) is 5.10 Å². The van der Waals surface area contributed by atoms with Gasteiger partial charge in [0, 0.05) is 17.8 Å². The molecule has 0 atom stereocenters. The summed E-state index contributed by atoms with van der Waals surface area (Å²) in [4.78, 5) is 13.7. The Labute approximate surface area is 136 Å². The molecule has 23 heavy (non-hydrogen) atoms. The van der Waals surface area contributed by atoms with E-state index in [0.717, 1.165) is 10.9 Å². The fourth-order valence-corrected chi connectivity index (χ4v) is 3.37. The molecule has 1 aromatic carbocycles. The Morgan fingerprint density at radius 1 is 1.43 bits per heavy atom. The fraction of sp³-hybridized carbons (Fsp3) is 0.0769. The van der Waals surface area contributed by atoms with Crippen molar-refractivity contribution < 1.29 is 13.2 Å². The van der Waals surface area contributed by atoms with E-state index in [-0.39, 0.29) is 11.4 Å². The number of H-pyrrole nitrogens is 1. The number of amides is 1. The van der Waals surface area contributed by atoms with Crippen molar-refractivity contribution in [3.8, 4) is 0 Å². The zero-order chi connectivity index (χ0) is 16.6. The standard InChI is InChI=1S/C13H12ClN5O3S/c14-10-5-16-13-9(10)2-1-3-11(13)18-23(21,22)8-4-17-19(6-8)7-12(15)20/h1-6,16,18H,7H2,(H2,15,20). The van der Waals surface area contributed by atoms with E-state index in [1.807, 2.05) is 0 Å². The van der Waals surface area contributed by atoms with Crippen LogP contribution in [0.3, 0.4) is 0 Å². The molecule has 0 fully saturated rings. The molecule has 8 nitrogen and oxygen atoms in total. The van der Waals surface area contributed by atoms with Crippen LogP contribution in [-0.4, -0.2) is 29.1 Å². The second-order valence-corrected chi connectivity index (χ2v) is 6.90. The van der Waals surface area contributed by atoms with Crippen LogP contribution in [0.2, 0.25) is 5.02 Å². The van der Waals surface area contributed by atoms with Gasteiger partial charge in [0.25, 0.3) is 10.0 Å². The monoisotopic (exact) mass is 353 g/mol. The summed E-state index contributed by atoms with van der Waals surface area (Å²) in [5.74, 6) is -0.615. The summed E-state index contributed by atoms with van der Waals surface area (Å²) < 4.78 is 28.5. The Balaban J connectivity index is 1.94. The van der Waals surface area contributed by atoms with Gasteiger partial charge < -0.3 is 10.7 Å². The molecule has 3 aromatic rings. The number of aromatic amines is 1. The van der Waals surface area contributed by atoms with Gasteiger partial charge in [0.1, 0.15) is 11.4 Å². The third-order valence-electron chi connectivity index (χ3n) is 3.15. The van der Waals surface area contributed by atoms with E-state index in [1.165, 1.54) is 6.20 Å². The molecule has 0 saturated carbocycles. The summed E-state index contributed by atoms with van der Waals surface area (Å²) in [7, 11) is -3.86. The molecule has 0 radical (unpaired) electrons. The maximum Gasteiger partial charge on any atom is 0.265 e. The van der Waals surface area contributed by atoms with Crippen molar-refractivity contribution in [1.82, 2.24) is 14.8 Å². The Kier molecular flexibility index (Phi) is 3.74. The second-order valence-electron chi connectivity index (χ2n) is 4.81. The summed E-state index contributed by atoms with van der Waals surface area (Å²) in [6.45, 7) is -0.197. The number of halogens is 1. The maximum absolute atomic E-state index is 12.4. The number of hydrogen-bond acceptors (Lipinski definition) is 4. The molecule has 0 saturated heterocycles. The first-order chi connectivity index (χ1) is 10.9. The number of anilines is 1. The third-order valence-corrected chi connectivity index (χ3v) is 4.78. The van der Waals surface area contributed by atoms with Crippen molar-refractivity contribution in [3.05, 3.63) is 41.8 Å². The Morgan fingerprint density at radius 3 is 2.96 bits per heavy atom. The number of primary amides is 1. The number of benzene rings is 1. The van der Waals surface area contributed by atoms with Gasteiger partial charge in [-0.1, -0.05) is 23.7 Å². The van der Waals surface area contributed by atoms with Crippen LogP contribution in [0.25, 0.3) is 10.9 Å². The van der Waals surface area contributed by atoms with E-state index < -0.39 is 15.9 Å². The molecular formula is C13H12ClN5O3S. The molecule has 1 amide bonds. The Bertz CT molecular complexity index is 992. The molecule has 2 heterocycles. The lowest BCUT2D eigenvalue weighted by Gasteiger charge is -2.07. The number of carbonyl (C=O) groups excluding carboxylic acids is 1. The third kappa shape index (κ3) is 3.01. The van der Waals surface area contributed by atoms with Gasteiger partial charge in [-0.3, -0.25) is 14.2 Å². The largest absolute Gasteiger partial charge is 0.368 e.